The van der Waals surface area contributed by atoms with E-state index in [0.29, 0.717) is 24.9 Å². The van der Waals surface area contributed by atoms with Crippen LogP contribution in [0.3, 0.4) is 0 Å². The van der Waals surface area contributed by atoms with Gasteiger partial charge in [-0.25, -0.2) is 0 Å². The van der Waals surface area contributed by atoms with Crippen LogP contribution in [0.15, 0.2) is 12.1 Å². The lowest BCUT2D eigenvalue weighted by molar-refractivity contribution is 0.409. The van der Waals surface area contributed by atoms with Gasteiger partial charge in [-0.05, 0) is 74.4 Å². The van der Waals surface area contributed by atoms with E-state index in [1.54, 1.807) is 7.11 Å². The van der Waals surface area contributed by atoms with Crippen LogP contribution in [-0.4, -0.2) is 20.2 Å². The van der Waals surface area contributed by atoms with Crippen molar-refractivity contribution in [3.05, 3.63) is 28.8 Å². The van der Waals surface area contributed by atoms with Gasteiger partial charge in [-0.2, -0.15) is 0 Å². The molecule has 1 aromatic rings. The molecule has 1 aromatic carbocycles. The lowest BCUT2D eigenvalue weighted by Gasteiger charge is -2.23. The summed E-state index contributed by atoms with van der Waals surface area (Å²) in [6.07, 6.45) is 2.18. The van der Waals surface area contributed by atoms with Crippen LogP contribution in [0.2, 0.25) is 0 Å². The Morgan fingerprint density at radius 2 is 1.74 bits per heavy atom. The highest BCUT2D eigenvalue weighted by Crippen LogP contribution is 2.33. The van der Waals surface area contributed by atoms with Crippen LogP contribution in [0, 0.1) is 19.8 Å². The molecule has 0 saturated carbocycles. The molecule has 3 heteroatoms. The lowest BCUT2D eigenvalue weighted by Crippen LogP contribution is -2.25. The quantitative estimate of drug-likeness (QED) is 0.796. The van der Waals surface area contributed by atoms with Gasteiger partial charge in [0.1, 0.15) is 5.75 Å². The highest BCUT2D eigenvalue weighted by Gasteiger charge is 2.18. The zero-order valence-electron chi connectivity index (χ0n) is 12.7. The summed E-state index contributed by atoms with van der Waals surface area (Å²) in [5.41, 5.74) is 15.5. The lowest BCUT2D eigenvalue weighted by atomic mass is 9.84. The molecular formula is C16H28N2O. The minimum atomic E-state index is 0.409. The van der Waals surface area contributed by atoms with Gasteiger partial charge in [0.15, 0.2) is 0 Å². The fourth-order valence-corrected chi connectivity index (χ4v) is 2.68. The zero-order valence-corrected chi connectivity index (χ0v) is 12.7. The molecule has 0 radical (unpaired) electrons. The Bertz CT molecular complexity index is 400. The van der Waals surface area contributed by atoms with Gasteiger partial charge < -0.3 is 16.2 Å². The molecule has 1 atom stereocenters. The van der Waals surface area contributed by atoms with Gasteiger partial charge in [0.25, 0.3) is 0 Å². The van der Waals surface area contributed by atoms with Crippen molar-refractivity contribution in [3.63, 3.8) is 0 Å². The van der Waals surface area contributed by atoms with Crippen LogP contribution >= 0.6 is 0 Å². The standard InChI is InChI=1S/C16H28N2O/c1-5-14(8-13(9-17)10-18)15-6-12(3)16(19-4)7-11(15)2/h6-7,13-14H,5,8-10,17-18H2,1-4H3. The largest absolute Gasteiger partial charge is 0.496 e. The molecule has 0 aliphatic rings. The second kappa shape index (κ2) is 7.51. The number of hydrogen-bond acceptors (Lipinski definition) is 3. The van der Waals surface area contributed by atoms with Crippen molar-refractivity contribution in [2.75, 3.05) is 20.2 Å². The Morgan fingerprint density at radius 1 is 1.11 bits per heavy atom. The molecule has 0 saturated heterocycles. The molecule has 0 aliphatic carbocycles. The number of rotatable bonds is 7. The predicted octanol–water partition coefficient (Wildman–Crippen LogP) is 2.73. The molecule has 1 unspecified atom stereocenters. The summed E-state index contributed by atoms with van der Waals surface area (Å²) in [4.78, 5) is 0. The number of hydrogen-bond donors (Lipinski definition) is 2. The second-order valence-electron chi connectivity index (χ2n) is 5.36. The van der Waals surface area contributed by atoms with Gasteiger partial charge in [-0.3, -0.25) is 0 Å². The van der Waals surface area contributed by atoms with E-state index in [-0.39, 0.29) is 0 Å². The monoisotopic (exact) mass is 264 g/mol. The average molecular weight is 264 g/mol. The summed E-state index contributed by atoms with van der Waals surface area (Å²) in [6, 6.07) is 4.39. The second-order valence-corrected chi connectivity index (χ2v) is 5.36. The van der Waals surface area contributed by atoms with E-state index in [4.69, 9.17) is 16.2 Å². The smallest absolute Gasteiger partial charge is 0.122 e. The van der Waals surface area contributed by atoms with E-state index in [9.17, 15) is 0 Å². The van der Waals surface area contributed by atoms with E-state index in [2.05, 4.69) is 32.9 Å². The minimum Gasteiger partial charge on any atom is -0.496 e. The van der Waals surface area contributed by atoms with Crippen LogP contribution in [-0.2, 0) is 0 Å². The molecule has 4 N–H and O–H groups in total. The first-order valence-corrected chi connectivity index (χ1v) is 7.12. The number of ether oxygens (including phenoxy) is 1. The first-order chi connectivity index (χ1) is 9.07. The maximum Gasteiger partial charge on any atom is 0.122 e. The van der Waals surface area contributed by atoms with Gasteiger partial charge in [-0.1, -0.05) is 13.0 Å². The van der Waals surface area contributed by atoms with Crippen LogP contribution in [0.1, 0.15) is 42.4 Å². The van der Waals surface area contributed by atoms with Crippen molar-refractivity contribution in [1.29, 1.82) is 0 Å². The Kier molecular flexibility index (Phi) is 6.32. The van der Waals surface area contributed by atoms with E-state index in [1.807, 2.05) is 0 Å². The molecule has 108 valence electrons. The summed E-state index contributed by atoms with van der Waals surface area (Å²) in [5.74, 6) is 1.90. The average Bonchev–Trinajstić information content (AvgIpc) is 2.43. The molecule has 1 rings (SSSR count). The maximum atomic E-state index is 5.78. The SMILES string of the molecule is CCC(CC(CN)CN)c1cc(C)c(OC)cc1C. The van der Waals surface area contributed by atoms with Gasteiger partial charge in [0.2, 0.25) is 0 Å². The Balaban J connectivity index is 3.01. The molecule has 3 nitrogen and oxygen atoms in total. The predicted molar refractivity (Wildman–Crippen MR) is 81.7 cm³/mol. The maximum absolute atomic E-state index is 5.78. The molecule has 0 fully saturated rings. The molecule has 0 spiro atoms. The van der Waals surface area contributed by atoms with Crippen molar-refractivity contribution >= 4 is 0 Å². The molecule has 0 aliphatic heterocycles. The van der Waals surface area contributed by atoms with E-state index in [0.717, 1.165) is 18.6 Å². The van der Waals surface area contributed by atoms with Crippen molar-refractivity contribution in [1.82, 2.24) is 0 Å². The van der Waals surface area contributed by atoms with Crippen molar-refractivity contribution in [2.45, 2.75) is 39.5 Å². The summed E-state index contributed by atoms with van der Waals surface area (Å²) in [5, 5.41) is 0. The number of aryl methyl sites for hydroxylation is 2. The van der Waals surface area contributed by atoms with Gasteiger partial charge in [0.05, 0.1) is 7.11 Å². The van der Waals surface area contributed by atoms with Crippen LogP contribution in [0.5, 0.6) is 5.75 Å². The third kappa shape index (κ3) is 3.95. The third-order valence-electron chi connectivity index (χ3n) is 4.00. The van der Waals surface area contributed by atoms with E-state index >= 15 is 0 Å². The van der Waals surface area contributed by atoms with E-state index in [1.165, 1.54) is 16.7 Å². The van der Waals surface area contributed by atoms with Crippen LogP contribution < -0.4 is 16.2 Å². The molecule has 0 aromatic heterocycles. The summed E-state index contributed by atoms with van der Waals surface area (Å²) in [7, 11) is 1.72. The minimum absolute atomic E-state index is 0.409. The normalized spacial score (nSPS) is 12.8. The number of benzene rings is 1. The van der Waals surface area contributed by atoms with Gasteiger partial charge >= 0.3 is 0 Å². The Hall–Kier alpha value is -1.06. The highest BCUT2D eigenvalue weighted by molar-refractivity contribution is 5.43. The fraction of sp³-hybridized carbons (Fsp3) is 0.625. The molecule has 0 heterocycles. The Morgan fingerprint density at radius 3 is 2.21 bits per heavy atom. The van der Waals surface area contributed by atoms with Gasteiger partial charge in [-0.15, -0.1) is 0 Å². The summed E-state index contributed by atoms with van der Waals surface area (Å²) in [6.45, 7) is 7.81. The topological polar surface area (TPSA) is 61.3 Å². The number of nitrogens with two attached hydrogens (primary N) is 2. The highest BCUT2D eigenvalue weighted by atomic mass is 16.5. The molecular weight excluding hydrogens is 236 g/mol. The van der Waals surface area contributed by atoms with Crippen molar-refractivity contribution in [2.24, 2.45) is 17.4 Å². The fourth-order valence-electron chi connectivity index (χ4n) is 2.68. The summed E-state index contributed by atoms with van der Waals surface area (Å²) < 4.78 is 5.38. The number of methoxy groups -OCH3 is 1. The van der Waals surface area contributed by atoms with Crippen LogP contribution in [0.4, 0.5) is 0 Å². The zero-order chi connectivity index (χ0) is 14.4. The van der Waals surface area contributed by atoms with Crippen molar-refractivity contribution < 1.29 is 4.74 Å². The first kappa shape index (κ1) is 16.0. The van der Waals surface area contributed by atoms with Gasteiger partial charge in [0, 0.05) is 0 Å². The molecule has 19 heavy (non-hydrogen) atoms. The first-order valence-electron chi connectivity index (χ1n) is 7.12. The van der Waals surface area contributed by atoms with E-state index < -0.39 is 0 Å². The van der Waals surface area contributed by atoms with Crippen molar-refractivity contribution in [3.8, 4) is 5.75 Å². The third-order valence-corrected chi connectivity index (χ3v) is 4.00. The molecule has 0 bridgehead atoms. The Labute approximate surface area is 117 Å². The molecule has 0 amide bonds. The van der Waals surface area contributed by atoms with Crippen LogP contribution in [0.25, 0.3) is 0 Å². The summed E-state index contributed by atoms with van der Waals surface area (Å²) >= 11 is 0.